The Morgan fingerprint density at radius 1 is 1.27 bits per heavy atom. The van der Waals surface area contributed by atoms with Crippen LogP contribution in [0.4, 0.5) is 13.2 Å². The monoisotopic (exact) mass is 226 g/mol. The maximum absolute atomic E-state index is 11.7. The third-order valence-corrected chi connectivity index (χ3v) is 1.67. The topological polar surface area (TPSA) is 41.1 Å². The fourth-order valence-electron chi connectivity index (χ4n) is 0.943. The average Bonchev–Trinajstić information content (AvgIpc) is 2.12. The van der Waals surface area contributed by atoms with E-state index >= 15 is 0 Å². The predicted octanol–water partition coefficient (Wildman–Crippen LogP) is 1.44. The fourth-order valence-corrected chi connectivity index (χ4v) is 0.943. The van der Waals surface area contributed by atoms with Crippen LogP contribution in [-0.2, 0) is 4.79 Å². The minimum Gasteiger partial charge on any atom is -0.355 e. The summed E-state index contributed by atoms with van der Waals surface area (Å²) >= 11 is 0. The van der Waals surface area contributed by atoms with Crippen LogP contribution in [-0.4, -0.2) is 31.7 Å². The molecule has 0 aliphatic carbocycles. The van der Waals surface area contributed by atoms with Crippen molar-refractivity contribution in [2.24, 2.45) is 0 Å². The smallest absolute Gasteiger partial charge is 0.355 e. The maximum atomic E-state index is 11.7. The lowest BCUT2D eigenvalue weighted by atomic mass is 10.3. The lowest BCUT2D eigenvalue weighted by Gasteiger charge is -2.07. The first-order valence-corrected chi connectivity index (χ1v) is 5.00. The molecule has 0 aromatic rings. The number of nitrogens with one attached hydrogen (secondary N) is 2. The Balaban J connectivity index is 3.27. The Morgan fingerprint density at radius 3 is 2.47 bits per heavy atom. The molecule has 0 aromatic carbocycles. The van der Waals surface area contributed by atoms with Crippen LogP contribution in [0, 0.1) is 0 Å². The van der Waals surface area contributed by atoms with Gasteiger partial charge in [-0.25, -0.2) is 0 Å². The molecule has 0 fully saturated rings. The van der Waals surface area contributed by atoms with E-state index in [-0.39, 0.29) is 25.4 Å². The Bertz CT molecular complexity index is 183. The minimum absolute atomic E-state index is 0.00452. The summed E-state index contributed by atoms with van der Waals surface area (Å²) in [6.07, 6.45) is -4.06. The molecular formula is C9H17F3N2O. The highest BCUT2D eigenvalue weighted by molar-refractivity contribution is 5.77. The van der Waals surface area contributed by atoms with Crippen molar-refractivity contribution in [1.29, 1.82) is 0 Å². The van der Waals surface area contributed by atoms with Crippen molar-refractivity contribution in [3.8, 4) is 0 Å². The van der Waals surface area contributed by atoms with E-state index in [0.717, 1.165) is 6.42 Å². The second-order valence-corrected chi connectivity index (χ2v) is 3.25. The zero-order valence-corrected chi connectivity index (χ0v) is 8.78. The summed E-state index contributed by atoms with van der Waals surface area (Å²) in [5, 5.41) is 5.27. The second kappa shape index (κ2) is 7.50. The average molecular weight is 226 g/mol. The van der Waals surface area contributed by atoms with Gasteiger partial charge in [-0.05, 0) is 19.4 Å². The maximum Gasteiger partial charge on any atom is 0.389 e. The molecule has 0 aromatic heterocycles. The second-order valence-electron chi connectivity index (χ2n) is 3.25. The van der Waals surface area contributed by atoms with Crippen LogP contribution in [0.3, 0.4) is 0 Å². The minimum atomic E-state index is -4.11. The van der Waals surface area contributed by atoms with Crippen molar-refractivity contribution in [2.45, 2.75) is 32.4 Å². The van der Waals surface area contributed by atoms with Gasteiger partial charge in [0, 0.05) is 13.0 Å². The number of hydrogen-bond donors (Lipinski definition) is 2. The molecule has 0 aliphatic heterocycles. The van der Waals surface area contributed by atoms with E-state index in [1.54, 1.807) is 0 Å². The van der Waals surface area contributed by atoms with E-state index in [9.17, 15) is 18.0 Å². The molecule has 15 heavy (non-hydrogen) atoms. The van der Waals surface area contributed by atoms with E-state index in [4.69, 9.17) is 0 Å². The van der Waals surface area contributed by atoms with E-state index in [1.165, 1.54) is 0 Å². The third-order valence-electron chi connectivity index (χ3n) is 1.67. The van der Waals surface area contributed by atoms with E-state index in [2.05, 4.69) is 10.6 Å². The van der Waals surface area contributed by atoms with Crippen LogP contribution in [0.5, 0.6) is 0 Å². The fraction of sp³-hybridized carbons (Fsp3) is 0.889. The molecular weight excluding hydrogens is 209 g/mol. The number of halogens is 3. The Hall–Kier alpha value is -0.780. The molecule has 0 spiro atoms. The van der Waals surface area contributed by atoms with Crippen molar-refractivity contribution in [3.63, 3.8) is 0 Å². The quantitative estimate of drug-likeness (QED) is 0.645. The van der Waals surface area contributed by atoms with Crippen molar-refractivity contribution in [3.05, 3.63) is 0 Å². The van der Waals surface area contributed by atoms with Crippen molar-refractivity contribution < 1.29 is 18.0 Å². The molecule has 1 amide bonds. The lowest BCUT2D eigenvalue weighted by molar-refractivity contribution is -0.135. The van der Waals surface area contributed by atoms with Crippen molar-refractivity contribution >= 4 is 5.91 Å². The number of carbonyl (C=O) groups is 1. The largest absolute Gasteiger partial charge is 0.389 e. The number of alkyl halides is 3. The molecule has 0 aliphatic rings. The van der Waals surface area contributed by atoms with Gasteiger partial charge in [0.1, 0.15) is 0 Å². The molecule has 6 heteroatoms. The molecule has 0 atom stereocenters. The van der Waals surface area contributed by atoms with Crippen LogP contribution >= 0.6 is 0 Å². The molecule has 0 saturated carbocycles. The summed E-state index contributed by atoms with van der Waals surface area (Å²) in [5.74, 6) is -0.177. The van der Waals surface area contributed by atoms with Gasteiger partial charge < -0.3 is 10.6 Å². The first-order valence-electron chi connectivity index (χ1n) is 5.00. The molecule has 0 heterocycles. The number of rotatable bonds is 7. The molecule has 90 valence electrons. The molecule has 0 rings (SSSR count). The van der Waals surface area contributed by atoms with E-state index < -0.39 is 12.6 Å². The number of hydrogen-bond acceptors (Lipinski definition) is 2. The summed E-state index contributed by atoms with van der Waals surface area (Å²) in [5.41, 5.74) is 0. The van der Waals surface area contributed by atoms with E-state index in [1.807, 2.05) is 6.92 Å². The summed E-state index contributed by atoms with van der Waals surface area (Å²) in [4.78, 5) is 11.0. The lowest BCUT2D eigenvalue weighted by Crippen LogP contribution is -2.34. The zero-order chi connectivity index (χ0) is 11.7. The molecule has 2 N–H and O–H groups in total. The third kappa shape index (κ3) is 11.1. The highest BCUT2D eigenvalue weighted by Gasteiger charge is 2.25. The summed E-state index contributed by atoms with van der Waals surface area (Å²) < 4.78 is 35.1. The van der Waals surface area contributed by atoms with Crippen LogP contribution in [0.25, 0.3) is 0 Å². The van der Waals surface area contributed by atoms with Gasteiger partial charge in [0.05, 0.1) is 6.54 Å². The van der Waals surface area contributed by atoms with Crippen molar-refractivity contribution in [2.75, 3.05) is 19.6 Å². The predicted molar refractivity (Wildman–Crippen MR) is 51.5 cm³/mol. The number of amides is 1. The molecule has 0 unspecified atom stereocenters. The molecule has 0 radical (unpaired) electrons. The van der Waals surface area contributed by atoms with Crippen molar-refractivity contribution in [1.82, 2.24) is 10.6 Å². The van der Waals surface area contributed by atoms with Gasteiger partial charge in [-0.1, -0.05) is 6.92 Å². The first kappa shape index (κ1) is 14.2. The SMILES string of the molecule is CCCNC(=O)CNCCCC(F)(F)F. The summed E-state index contributed by atoms with van der Waals surface area (Å²) in [6, 6.07) is 0. The Kier molecular flexibility index (Phi) is 7.11. The van der Waals surface area contributed by atoms with Gasteiger partial charge in [-0.15, -0.1) is 0 Å². The molecule has 0 saturated heterocycles. The Labute approximate surface area is 87.4 Å². The molecule has 3 nitrogen and oxygen atoms in total. The van der Waals surface area contributed by atoms with Crippen LogP contribution < -0.4 is 10.6 Å². The van der Waals surface area contributed by atoms with E-state index in [0.29, 0.717) is 6.54 Å². The van der Waals surface area contributed by atoms with Crippen LogP contribution in [0.2, 0.25) is 0 Å². The van der Waals surface area contributed by atoms with Crippen LogP contribution in [0.15, 0.2) is 0 Å². The highest BCUT2D eigenvalue weighted by Crippen LogP contribution is 2.20. The zero-order valence-electron chi connectivity index (χ0n) is 8.78. The van der Waals surface area contributed by atoms with Crippen LogP contribution in [0.1, 0.15) is 26.2 Å². The van der Waals surface area contributed by atoms with Gasteiger partial charge >= 0.3 is 6.18 Å². The number of carbonyl (C=O) groups excluding carboxylic acids is 1. The van der Waals surface area contributed by atoms with Gasteiger partial charge in [0.25, 0.3) is 0 Å². The summed E-state index contributed by atoms with van der Waals surface area (Å²) in [6.45, 7) is 2.82. The van der Waals surface area contributed by atoms with Gasteiger partial charge in [-0.3, -0.25) is 4.79 Å². The normalized spacial score (nSPS) is 11.5. The van der Waals surface area contributed by atoms with Gasteiger partial charge in [0.15, 0.2) is 0 Å². The highest BCUT2D eigenvalue weighted by atomic mass is 19.4. The molecule has 0 bridgehead atoms. The van der Waals surface area contributed by atoms with Gasteiger partial charge in [0.2, 0.25) is 5.91 Å². The standard InChI is InChI=1S/C9H17F3N2O/c1-2-5-14-8(15)7-13-6-3-4-9(10,11)12/h13H,2-7H2,1H3,(H,14,15). The van der Waals surface area contributed by atoms with Gasteiger partial charge in [-0.2, -0.15) is 13.2 Å². The first-order chi connectivity index (χ1) is 6.95. The summed E-state index contributed by atoms with van der Waals surface area (Å²) in [7, 11) is 0. The Morgan fingerprint density at radius 2 is 1.93 bits per heavy atom.